The van der Waals surface area contributed by atoms with Gasteiger partial charge in [0, 0.05) is 0 Å². The van der Waals surface area contributed by atoms with Crippen molar-refractivity contribution in [1.82, 2.24) is 5.48 Å². The predicted molar refractivity (Wildman–Crippen MR) is 40.4 cm³/mol. The van der Waals surface area contributed by atoms with Crippen LogP contribution in [0, 0.1) is 11.3 Å². The summed E-state index contributed by atoms with van der Waals surface area (Å²) >= 11 is 0. The fourth-order valence-corrected chi connectivity index (χ4v) is 0.839. The summed E-state index contributed by atoms with van der Waals surface area (Å²) in [6, 6.07) is 8.07. The van der Waals surface area contributed by atoms with Crippen molar-refractivity contribution in [3.63, 3.8) is 0 Å². The van der Waals surface area contributed by atoms with Crippen LogP contribution in [-0.2, 0) is 0 Å². The van der Waals surface area contributed by atoms with E-state index in [4.69, 9.17) is 10.5 Å². The van der Waals surface area contributed by atoms with Crippen LogP contribution in [0.15, 0.2) is 24.3 Å². The van der Waals surface area contributed by atoms with Crippen molar-refractivity contribution in [2.45, 2.75) is 0 Å². The summed E-state index contributed by atoms with van der Waals surface area (Å²) in [5, 5.41) is 16.9. The molecule has 4 nitrogen and oxygen atoms in total. The number of nitriles is 1. The molecule has 0 bridgehead atoms. The summed E-state index contributed by atoms with van der Waals surface area (Å²) in [6.45, 7) is 0. The summed E-state index contributed by atoms with van der Waals surface area (Å²) in [6.07, 6.45) is 0. The fraction of sp³-hybridized carbons (Fsp3) is 0. The molecular formula is C8H6N2O2. The van der Waals surface area contributed by atoms with Gasteiger partial charge in [-0.25, -0.2) is 5.48 Å². The predicted octanol–water partition coefficient (Wildman–Crippen LogP) is 0.677. The summed E-state index contributed by atoms with van der Waals surface area (Å²) in [7, 11) is 0. The van der Waals surface area contributed by atoms with Crippen molar-refractivity contribution in [2.75, 3.05) is 0 Å². The Hall–Kier alpha value is -1.86. The number of hydroxylamine groups is 1. The van der Waals surface area contributed by atoms with Crippen molar-refractivity contribution in [1.29, 1.82) is 5.26 Å². The average molecular weight is 162 g/mol. The van der Waals surface area contributed by atoms with Gasteiger partial charge in [-0.1, -0.05) is 12.1 Å². The number of nitrogens with zero attached hydrogens (tertiary/aromatic N) is 1. The van der Waals surface area contributed by atoms with Crippen molar-refractivity contribution in [3.8, 4) is 6.07 Å². The van der Waals surface area contributed by atoms with Gasteiger partial charge in [0.1, 0.15) is 0 Å². The molecule has 0 aliphatic heterocycles. The third-order valence-corrected chi connectivity index (χ3v) is 1.39. The molecule has 1 rings (SSSR count). The molecule has 0 saturated heterocycles. The van der Waals surface area contributed by atoms with Gasteiger partial charge in [0.05, 0.1) is 17.2 Å². The molecule has 2 N–H and O–H groups in total. The van der Waals surface area contributed by atoms with E-state index in [0.29, 0.717) is 0 Å². The molecule has 0 aliphatic carbocycles. The lowest BCUT2D eigenvalue weighted by Crippen LogP contribution is -2.19. The smallest absolute Gasteiger partial charge is 0.275 e. The molecule has 0 fully saturated rings. The molecule has 4 heteroatoms. The topological polar surface area (TPSA) is 73.1 Å². The SMILES string of the molecule is N#Cc1ccccc1C(=O)NO. The van der Waals surface area contributed by atoms with Crippen LogP contribution in [0.2, 0.25) is 0 Å². The summed E-state index contributed by atoms with van der Waals surface area (Å²) in [4.78, 5) is 10.9. The van der Waals surface area contributed by atoms with Crippen LogP contribution in [0.3, 0.4) is 0 Å². The first-order valence-electron chi connectivity index (χ1n) is 3.23. The van der Waals surface area contributed by atoms with E-state index in [1.165, 1.54) is 17.6 Å². The lowest BCUT2D eigenvalue weighted by Gasteiger charge is -1.98. The molecule has 60 valence electrons. The zero-order valence-corrected chi connectivity index (χ0v) is 6.11. The van der Waals surface area contributed by atoms with Gasteiger partial charge >= 0.3 is 0 Å². The first-order valence-corrected chi connectivity index (χ1v) is 3.23. The van der Waals surface area contributed by atoms with Crippen LogP contribution in [0.1, 0.15) is 15.9 Å². The van der Waals surface area contributed by atoms with Crippen molar-refractivity contribution in [3.05, 3.63) is 35.4 Å². The molecule has 1 aromatic rings. The standard InChI is InChI=1S/C8H6N2O2/c9-5-6-3-1-2-4-7(6)8(11)10-12/h1-4,12H,(H,10,11). The van der Waals surface area contributed by atoms with E-state index in [9.17, 15) is 4.79 Å². The first kappa shape index (κ1) is 8.24. The van der Waals surface area contributed by atoms with E-state index < -0.39 is 5.91 Å². The van der Waals surface area contributed by atoms with E-state index >= 15 is 0 Å². The highest BCUT2D eigenvalue weighted by Gasteiger charge is 2.07. The quantitative estimate of drug-likeness (QED) is 0.471. The monoisotopic (exact) mass is 162 g/mol. The van der Waals surface area contributed by atoms with E-state index in [2.05, 4.69) is 0 Å². The molecule has 0 unspecified atom stereocenters. The van der Waals surface area contributed by atoms with Gasteiger partial charge in [-0.2, -0.15) is 5.26 Å². The van der Waals surface area contributed by atoms with Gasteiger partial charge in [0.2, 0.25) is 0 Å². The molecule has 0 heterocycles. The Morgan fingerprint density at radius 3 is 2.75 bits per heavy atom. The molecule has 0 radical (unpaired) electrons. The highest BCUT2D eigenvalue weighted by atomic mass is 16.5. The number of rotatable bonds is 1. The number of carbonyl (C=O) groups is 1. The molecule has 0 aromatic heterocycles. The molecule has 0 aliphatic rings. The lowest BCUT2D eigenvalue weighted by molar-refractivity contribution is 0.0706. The maximum absolute atomic E-state index is 10.9. The minimum absolute atomic E-state index is 0.169. The second kappa shape index (κ2) is 3.51. The van der Waals surface area contributed by atoms with Crippen LogP contribution < -0.4 is 5.48 Å². The van der Waals surface area contributed by atoms with Crippen LogP contribution >= 0.6 is 0 Å². The maximum Gasteiger partial charge on any atom is 0.275 e. The molecule has 12 heavy (non-hydrogen) atoms. The second-order valence-corrected chi connectivity index (χ2v) is 2.10. The second-order valence-electron chi connectivity index (χ2n) is 2.10. The zero-order chi connectivity index (χ0) is 8.97. The molecule has 0 atom stereocenters. The number of hydrogen-bond donors (Lipinski definition) is 2. The summed E-state index contributed by atoms with van der Waals surface area (Å²) < 4.78 is 0. The molecule has 1 amide bonds. The van der Waals surface area contributed by atoms with E-state index in [1.807, 2.05) is 6.07 Å². The Balaban J connectivity index is 3.16. The Morgan fingerprint density at radius 2 is 2.17 bits per heavy atom. The average Bonchev–Trinajstić information content (AvgIpc) is 2.16. The zero-order valence-electron chi connectivity index (χ0n) is 6.11. The number of hydrogen-bond acceptors (Lipinski definition) is 3. The first-order chi connectivity index (χ1) is 5.79. The van der Waals surface area contributed by atoms with Gasteiger partial charge < -0.3 is 0 Å². The normalized spacial score (nSPS) is 8.67. The van der Waals surface area contributed by atoms with Gasteiger partial charge in [-0.05, 0) is 12.1 Å². The molecule has 0 spiro atoms. The van der Waals surface area contributed by atoms with E-state index in [-0.39, 0.29) is 11.1 Å². The minimum atomic E-state index is -0.674. The van der Waals surface area contributed by atoms with Crippen LogP contribution in [0.25, 0.3) is 0 Å². The molecular weight excluding hydrogens is 156 g/mol. The largest absolute Gasteiger partial charge is 0.288 e. The van der Waals surface area contributed by atoms with Crippen LogP contribution in [0.5, 0.6) is 0 Å². The van der Waals surface area contributed by atoms with E-state index in [1.54, 1.807) is 12.1 Å². The molecule has 0 saturated carbocycles. The summed E-state index contributed by atoms with van der Waals surface area (Å²) in [5.74, 6) is -0.674. The maximum atomic E-state index is 10.9. The van der Waals surface area contributed by atoms with E-state index in [0.717, 1.165) is 0 Å². The highest BCUT2D eigenvalue weighted by molar-refractivity contribution is 5.95. The van der Waals surface area contributed by atoms with Crippen molar-refractivity contribution in [2.24, 2.45) is 0 Å². The number of amides is 1. The van der Waals surface area contributed by atoms with Gasteiger partial charge in [0.15, 0.2) is 0 Å². The Morgan fingerprint density at radius 1 is 1.50 bits per heavy atom. The molecule has 1 aromatic carbocycles. The minimum Gasteiger partial charge on any atom is -0.288 e. The third kappa shape index (κ3) is 1.41. The Bertz CT molecular complexity index is 341. The number of benzene rings is 1. The highest BCUT2D eigenvalue weighted by Crippen LogP contribution is 2.05. The van der Waals surface area contributed by atoms with Gasteiger partial charge in [0.25, 0.3) is 5.91 Å². The van der Waals surface area contributed by atoms with Gasteiger partial charge in [-0.3, -0.25) is 10.0 Å². The summed E-state index contributed by atoms with van der Waals surface area (Å²) in [5.41, 5.74) is 1.87. The third-order valence-electron chi connectivity index (χ3n) is 1.39. The van der Waals surface area contributed by atoms with Crippen molar-refractivity contribution >= 4 is 5.91 Å². The van der Waals surface area contributed by atoms with Gasteiger partial charge in [-0.15, -0.1) is 0 Å². The van der Waals surface area contributed by atoms with Crippen molar-refractivity contribution < 1.29 is 10.0 Å². The fourth-order valence-electron chi connectivity index (χ4n) is 0.839. The Labute approximate surface area is 69.0 Å². The van der Waals surface area contributed by atoms with Crippen LogP contribution in [-0.4, -0.2) is 11.1 Å². The number of nitrogens with one attached hydrogen (secondary N) is 1. The Kier molecular flexibility index (Phi) is 2.41. The lowest BCUT2D eigenvalue weighted by atomic mass is 10.1. The van der Waals surface area contributed by atoms with Crippen LogP contribution in [0.4, 0.5) is 0 Å². The number of carbonyl (C=O) groups excluding carboxylic acids is 1.